The van der Waals surface area contributed by atoms with Crippen molar-refractivity contribution in [2.24, 2.45) is 0 Å². The fourth-order valence-corrected chi connectivity index (χ4v) is 4.42. The monoisotopic (exact) mass is 347 g/mol. The SMILES string of the molecule is COc1cccc2c1nc(N)n1nc(CCS(=O)(=O)C3CC3)nc21. The highest BCUT2D eigenvalue weighted by atomic mass is 32.2. The van der Waals surface area contributed by atoms with Crippen LogP contribution >= 0.6 is 0 Å². The summed E-state index contributed by atoms with van der Waals surface area (Å²) in [6.07, 6.45) is 1.80. The average Bonchev–Trinajstić information content (AvgIpc) is 3.33. The molecule has 9 heteroatoms. The number of nitrogens with two attached hydrogens (primary N) is 1. The molecule has 4 rings (SSSR count). The molecule has 1 saturated carbocycles. The Bertz CT molecular complexity index is 1040. The van der Waals surface area contributed by atoms with Gasteiger partial charge >= 0.3 is 0 Å². The molecule has 24 heavy (non-hydrogen) atoms. The summed E-state index contributed by atoms with van der Waals surface area (Å²) in [7, 11) is -1.48. The number of methoxy groups -OCH3 is 1. The number of anilines is 1. The predicted molar refractivity (Wildman–Crippen MR) is 89.8 cm³/mol. The van der Waals surface area contributed by atoms with Crippen molar-refractivity contribution >= 4 is 32.3 Å². The van der Waals surface area contributed by atoms with Gasteiger partial charge < -0.3 is 10.5 Å². The maximum absolute atomic E-state index is 12.0. The molecule has 1 aliphatic rings. The van der Waals surface area contributed by atoms with Gasteiger partial charge in [-0.05, 0) is 25.0 Å². The Morgan fingerprint density at radius 1 is 1.33 bits per heavy atom. The number of benzene rings is 1. The van der Waals surface area contributed by atoms with Crippen LogP contribution in [0.2, 0.25) is 0 Å². The molecule has 0 unspecified atom stereocenters. The Balaban J connectivity index is 1.77. The molecule has 1 aromatic carbocycles. The van der Waals surface area contributed by atoms with E-state index < -0.39 is 9.84 Å². The second kappa shape index (κ2) is 5.30. The minimum absolute atomic E-state index is 0.0587. The van der Waals surface area contributed by atoms with Gasteiger partial charge in [0.05, 0.1) is 18.1 Å². The third kappa shape index (κ3) is 2.44. The highest BCUT2D eigenvalue weighted by molar-refractivity contribution is 7.92. The number of aromatic nitrogens is 4. The number of nitrogen functional groups attached to an aromatic ring is 1. The van der Waals surface area contributed by atoms with Crippen LogP contribution in [0, 0.1) is 0 Å². The molecular weight excluding hydrogens is 330 g/mol. The van der Waals surface area contributed by atoms with E-state index in [1.165, 1.54) is 4.52 Å². The quantitative estimate of drug-likeness (QED) is 0.732. The molecule has 0 atom stereocenters. The molecule has 0 radical (unpaired) electrons. The predicted octanol–water partition coefficient (Wildman–Crippen LogP) is 0.988. The first-order chi connectivity index (χ1) is 11.5. The highest BCUT2D eigenvalue weighted by Gasteiger charge is 2.35. The van der Waals surface area contributed by atoms with E-state index in [4.69, 9.17) is 10.5 Å². The largest absolute Gasteiger partial charge is 0.494 e. The molecule has 0 bridgehead atoms. The summed E-state index contributed by atoms with van der Waals surface area (Å²) in [6.45, 7) is 0. The second-order valence-corrected chi connectivity index (χ2v) is 8.31. The molecule has 8 nitrogen and oxygen atoms in total. The average molecular weight is 347 g/mol. The summed E-state index contributed by atoms with van der Waals surface area (Å²) < 4.78 is 30.8. The van der Waals surface area contributed by atoms with Gasteiger partial charge in [-0.2, -0.15) is 4.52 Å². The van der Waals surface area contributed by atoms with E-state index in [1.807, 2.05) is 12.1 Å². The van der Waals surface area contributed by atoms with Gasteiger partial charge in [-0.15, -0.1) is 5.10 Å². The van der Waals surface area contributed by atoms with Gasteiger partial charge in [0, 0.05) is 11.8 Å². The first-order valence-corrected chi connectivity index (χ1v) is 9.40. The van der Waals surface area contributed by atoms with Crippen LogP contribution in [0.15, 0.2) is 18.2 Å². The zero-order chi connectivity index (χ0) is 16.9. The first kappa shape index (κ1) is 15.1. The van der Waals surface area contributed by atoms with Crippen LogP contribution in [0.5, 0.6) is 5.75 Å². The fourth-order valence-electron chi connectivity index (χ4n) is 2.77. The molecule has 0 spiro atoms. The van der Waals surface area contributed by atoms with Crippen molar-refractivity contribution in [3.8, 4) is 5.75 Å². The molecule has 1 fully saturated rings. The minimum atomic E-state index is -3.04. The van der Waals surface area contributed by atoms with Gasteiger partial charge in [-0.1, -0.05) is 6.07 Å². The third-order valence-electron chi connectivity index (χ3n) is 4.20. The van der Waals surface area contributed by atoms with Gasteiger partial charge in [-0.3, -0.25) is 0 Å². The number of ether oxygens (including phenoxy) is 1. The molecule has 2 heterocycles. The van der Waals surface area contributed by atoms with Gasteiger partial charge in [0.15, 0.2) is 21.3 Å². The van der Waals surface area contributed by atoms with Crippen LogP contribution in [-0.4, -0.2) is 46.1 Å². The van der Waals surface area contributed by atoms with Gasteiger partial charge in [0.1, 0.15) is 11.3 Å². The van der Waals surface area contributed by atoms with E-state index in [2.05, 4.69) is 15.1 Å². The summed E-state index contributed by atoms with van der Waals surface area (Å²) in [5.74, 6) is 1.29. The van der Waals surface area contributed by atoms with Gasteiger partial charge in [0.2, 0.25) is 5.95 Å². The Morgan fingerprint density at radius 3 is 2.83 bits per heavy atom. The van der Waals surface area contributed by atoms with Crippen LogP contribution in [0.3, 0.4) is 0 Å². The van der Waals surface area contributed by atoms with E-state index in [1.54, 1.807) is 13.2 Å². The van der Waals surface area contributed by atoms with Crippen molar-refractivity contribution in [1.82, 2.24) is 19.6 Å². The maximum atomic E-state index is 12.0. The van der Waals surface area contributed by atoms with Crippen molar-refractivity contribution < 1.29 is 13.2 Å². The summed E-state index contributed by atoms with van der Waals surface area (Å²) >= 11 is 0. The topological polar surface area (TPSA) is 112 Å². The van der Waals surface area contributed by atoms with Crippen LogP contribution in [0.4, 0.5) is 5.95 Å². The first-order valence-electron chi connectivity index (χ1n) is 7.69. The lowest BCUT2D eigenvalue weighted by Crippen LogP contribution is -2.14. The van der Waals surface area contributed by atoms with Crippen molar-refractivity contribution in [3.05, 3.63) is 24.0 Å². The van der Waals surface area contributed by atoms with Crippen LogP contribution < -0.4 is 10.5 Å². The number of rotatable bonds is 5. The zero-order valence-corrected chi connectivity index (χ0v) is 14.0. The fraction of sp³-hybridized carbons (Fsp3) is 0.400. The molecule has 0 saturated heterocycles. The summed E-state index contributed by atoms with van der Waals surface area (Å²) in [4.78, 5) is 8.80. The lowest BCUT2D eigenvalue weighted by Gasteiger charge is -2.06. The molecule has 2 aromatic heterocycles. The Kier molecular flexibility index (Phi) is 3.34. The van der Waals surface area contributed by atoms with E-state index in [0.717, 1.165) is 18.2 Å². The maximum Gasteiger partial charge on any atom is 0.223 e. The highest BCUT2D eigenvalue weighted by Crippen LogP contribution is 2.30. The van der Waals surface area contributed by atoms with Crippen molar-refractivity contribution in [3.63, 3.8) is 0 Å². The molecule has 2 N–H and O–H groups in total. The number of hydrogen-bond acceptors (Lipinski definition) is 7. The summed E-state index contributed by atoms with van der Waals surface area (Å²) in [5, 5.41) is 4.90. The van der Waals surface area contributed by atoms with Gasteiger partial charge in [0.25, 0.3) is 0 Å². The zero-order valence-electron chi connectivity index (χ0n) is 13.1. The van der Waals surface area contributed by atoms with Crippen molar-refractivity contribution in [2.75, 3.05) is 18.6 Å². The normalized spacial score (nSPS) is 15.2. The van der Waals surface area contributed by atoms with E-state index >= 15 is 0 Å². The number of hydrogen-bond donors (Lipinski definition) is 1. The molecule has 0 aliphatic heterocycles. The Labute approximate surface area is 138 Å². The molecule has 0 amide bonds. The number of fused-ring (bicyclic) bond motifs is 3. The van der Waals surface area contributed by atoms with Crippen LogP contribution in [0.25, 0.3) is 16.6 Å². The Hall–Kier alpha value is -2.42. The second-order valence-electron chi connectivity index (χ2n) is 5.91. The Morgan fingerprint density at radius 2 is 2.12 bits per heavy atom. The minimum Gasteiger partial charge on any atom is -0.494 e. The summed E-state index contributed by atoms with van der Waals surface area (Å²) in [5.41, 5.74) is 7.13. The van der Waals surface area contributed by atoms with Crippen molar-refractivity contribution in [2.45, 2.75) is 24.5 Å². The van der Waals surface area contributed by atoms with Gasteiger partial charge in [-0.25, -0.2) is 18.4 Å². The third-order valence-corrected chi connectivity index (χ3v) is 6.46. The molecule has 126 valence electrons. The van der Waals surface area contributed by atoms with Crippen LogP contribution in [-0.2, 0) is 16.3 Å². The van der Waals surface area contributed by atoms with E-state index in [-0.39, 0.29) is 23.4 Å². The number of sulfone groups is 1. The summed E-state index contributed by atoms with van der Waals surface area (Å²) in [6, 6.07) is 5.49. The lowest BCUT2D eigenvalue weighted by molar-refractivity contribution is 0.419. The molecule has 3 aromatic rings. The van der Waals surface area contributed by atoms with Crippen molar-refractivity contribution in [1.29, 1.82) is 0 Å². The lowest BCUT2D eigenvalue weighted by atomic mass is 10.2. The number of nitrogens with zero attached hydrogens (tertiary/aromatic N) is 4. The molecule has 1 aliphatic carbocycles. The standard InChI is InChI=1S/C15H17N5O3S/c1-23-11-4-2-3-10-13(11)18-15(16)20-14(10)17-12(19-20)7-8-24(21,22)9-5-6-9/h2-4,9H,5-8H2,1H3,(H2,16,18). The number of aryl methyl sites for hydroxylation is 1. The smallest absolute Gasteiger partial charge is 0.223 e. The van der Waals surface area contributed by atoms with Crippen LogP contribution in [0.1, 0.15) is 18.7 Å². The van der Waals surface area contributed by atoms with E-state index in [9.17, 15) is 8.42 Å². The van der Waals surface area contributed by atoms with E-state index in [0.29, 0.717) is 22.7 Å². The number of para-hydroxylation sites is 1. The molecular formula is C15H17N5O3S.